The molecule has 1 atom stereocenters. The van der Waals surface area contributed by atoms with Gasteiger partial charge < -0.3 is 5.32 Å². The van der Waals surface area contributed by atoms with Crippen LogP contribution in [0.15, 0.2) is 41.8 Å². The number of benzene rings is 1. The Morgan fingerprint density at radius 2 is 1.81 bits per heavy atom. The summed E-state index contributed by atoms with van der Waals surface area (Å²) in [5.41, 5.74) is 0.435. The Balaban J connectivity index is 2.83. The van der Waals surface area contributed by atoms with Crippen LogP contribution in [-0.2, 0) is 10.0 Å². The average Bonchev–Trinajstić information content (AvgIpc) is 2.45. The fourth-order valence-corrected chi connectivity index (χ4v) is 2.49. The number of sulfonamides is 1. The molecule has 5 nitrogen and oxygen atoms in total. The van der Waals surface area contributed by atoms with Crippen LogP contribution in [0.25, 0.3) is 0 Å². The van der Waals surface area contributed by atoms with Crippen LogP contribution in [0.2, 0.25) is 0 Å². The summed E-state index contributed by atoms with van der Waals surface area (Å²) in [6.07, 6.45) is 1.46. The van der Waals surface area contributed by atoms with Crippen LogP contribution in [0.3, 0.4) is 0 Å². The minimum Gasteiger partial charge on any atom is -0.349 e. The Labute approximate surface area is 126 Å². The lowest BCUT2D eigenvalue weighted by Crippen LogP contribution is -2.36. The molecule has 1 aromatic rings. The van der Waals surface area contributed by atoms with E-state index in [4.69, 9.17) is 0 Å². The van der Waals surface area contributed by atoms with E-state index in [2.05, 4.69) is 16.6 Å². The monoisotopic (exact) mass is 310 g/mol. The van der Waals surface area contributed by atoms with Crippen molar-refractivity contribution >= 4 is 15.9 Å². The Kier molecular flexibility index (Phi) is 6.11. The average molecular weight is 310 g/mol. The van der Waals surface area contributed by atoms with E-state index in [1.807, 2.05) is 20.8 Å². The number of carbonyl (C=O) groups is 1. The minimum absolute atomic E-state index is 0.0511. The molecule has 0 bridgehead atoms. The van der Waals surface area contributed by atoms with Crippen LogP contribution in [0, 0.1) is 5.92 Å². The second-order valence-corrected chi connectivity index (χ2v) is 6.94. The highest BCUT2D eigenvalue weighted by Crippen LogP contribution is 2.11. The summed E-state index contributed by atoms with van der Waals surface area (Å²) >= 11 is 0. The van der Waals surface area contributed by atoms with Gasteiger partial charge in [-0.3, -0.25) is 4.79 Å². The maximum Gasteiger partial charge on any atom is 0.251 e. The summed E-state index contributed by atoms with van der Waals surface area (Å²) < 4.78 is 26.1. The summed E-state index contributed by atoms with van der Waals surface area (Å²) in [5, 5.41) is 2.87. The Hall–Kier alpha value is -1.66. The highest BCUT2D eigenvalue weighted by molar-refractivity contribution is 7.89. The molecule has 0 aliphatic rings. The van der Waals surface area contributed by atoms with Gasteiger partial charge in [0.2, 0.25) is 10.0 Å². The first-order valence-electron chi connectivity index (χ1n) is 6.79. The number of hydrogen-bond acceptors (Lipinski definition) is 3. The Morgan fingerprint density at radius 3 is 2.29 bits per heavy atom. The third-order valence-corrected chi connectivity index (χ3v) is 4.64. The van der Waals surface area contributed by atoms with E-state index in [0.29, 0.717) is 11.5 Å². The lowest BCUT2D eigenvalue weighted by molar-refractivity contribution is 0.0930. The number of rotatable bonds is 7. The quantitative estimate of drug-likeness (QED) is 0.756. The fraction of sp³-hybridized carbons (Fsp3) is 0.400. The van der Waals surface area contributed by atoms with Gasteiger partial charge in [0.05, 0.1) is 4.90 Å². The van der Waals surface area contributed by atoms with E-state index in [-0.39, 0.29) is 23.4 Å². The second-order valence-electron chi connectivity index (χ2n) is 5.17. The van der Waals surface area contributed by atoms with E-state index in [1.54, 1.807) is 0 Å². The third kappa shape index (κ3) is 4.99. The van der Waals surface area contributed by atoms with E-state index in [9.17, 15) is 13.2 Å². The van der Waals surface area contributed by atoms with Crippen LogP contribution in [0.5, 0.6) is 0 Å². The van der Waals surface area contributed by atoms with Crippen molar-refractivity contribution in [2.24, 2.45) is 5.92 Å². The zero-order chi connectivity index (χ0) is 16.0. The van der Waals surface area contributed by atoms with Crippen LogP contribution < -0.4 is 10.0 Å². The first-order chi connectivity index (χ1) is 9.77. The first kappa shape index (κ1) is 17.4. The molecule has 0 spiro atoms. The molecular weight excluding hydrogens is 288 g/mol. The second kappa shape index (κ2) is 7.38. The number of nitrogens with one attached hydrogen (secondary N) is 2. The number of carbonyl (C=O) groups excluding carboxylic acids is 1. The van der Waals surface area contributed by atoms with Crippen molar-refractivity contribution in [2.75, 3.05) is 6.54 Å². The zero-order valence-corrected chi connectivity index (χ0v) is 13.4. The molecule has 1 aromatic carbocycles. The molecule has 2 N–H and O–H groups in total. The number of hydrogen-bond donors (Lipinski definition) is 2. The third-order valence-electron chi connectivity index (χ3n) is 3.20. The lowest BCUT2D eigenvalue weighted by atomic mass is 10.1. The molecule has 0 radical (unpaired) electrons. The standard InChI is InChI=1S/C15H22N2O3S/c1-5-10-16-21(19,20)14-8-6-13(7-9-14)15(18)17-12(4)11(2)3/h5-9,11-12,16H,1,10H2,2-4H3,(H,17,18). The molecule has 1 unspecified atom stereocenters. The van der Waals surface area contributed by atoms with Gasteiger partial charge in [-0.2, -0.15) is 0 Å². The van der Waals surface area contributed by atoms with Gasteiger partial charge in [-0.15, -0.1) is 6.58 Å². The molecular formula is C15H22N2O3S. The van der Waals surface area contributed by atoms with E-state index in [0.717, 1.165) is 0 Å². The minimum atomic E-state index is -3.55. The summed E-state index contributed by atoms with van der Waals surface area (Å²) in [4.78, 5) is 12.1. The van der Waals surface area contributed by atoms with Crippen molar-refractivity contribution in [1.29, 1.82) is 0 Å². The normalized spacial score (nSPS) is 13.0. The molecule has 6 heteroatoms. The van der Waals surface area contributed by atoms with Gasteiger partial charge in [-0.1, -0.05) is 19.9 Å². The number of amides is 1. The van der Waals surface area contributed by atoms with Crippen molar-refractivity contribution in [3.05, 3.63) is 42.5 Å². The molecule has 0 aliphatic carbocycles. The smallest absolute Gasteiger partial charge is 0.251 e. The predicted molar refractivity (Wildman–Crippen MR) is 83.6 cm³/mol. The SMILES string of the molecule is C=CCNS(=O)(=O)c1ccc(C(=O)NC(C)C(C)C)cc1. The zero-order valence-electron chi connectivity index (χ0n) is 12.6. The van der Waals surface area contributed by atoms with Crippen molar-refractivity contribution in [1.82, 2.24) is 10.0 Å². The molecule has 0 aromatic heterocycles. The molecule has 116 valence electrons. The topological polar surface area (TPSA) is 75.3 Å². The van der Waals surface area contributed by atoms with Gasteiger partial charge >= 0.3 is 0 Å². The molecule has 0 heterocycles. The maximum atomic E-state index is 12.0. The summed E-state index contributed by atoms with van der Waals surface area (Å²) in [7, 11) is -3.55. The highest BCUT2D eigenvalue weighted by Gasteiger charge is 2.15. The van der Waals surface area contributed by atoms with Crippen molar-refractivity contribution in [2.45, 2.75) is 31.7 Å². The summed E-state index contributed by atoms with van der Waals surface area (Å²) in [5.74, 6) is 0.121. The van der Waals surface area contributed by atoms with Crippen molar-refractivity contribution < 1.29 is 13.2 Å². The fourth-order valence-electron chi connectivity index (χ4n) is 1.49. The molecule has 0 aliphatic heterocycles. The summed E-state index contributed by atoms with van der Waals surface area (Å²) in [6, 6.07) is 5.89. The van der Waals surface area contributed by atoms with Gasteiger partial charge in [0, 0.05) is 18.2 Å². The van der Waals surface area contributed by atoms with Gasteiger partial charge in [0.1, 0.15) is 0 Å². The Morgan fingerprint density at radius 1 is 1.24 bits per heavy atom. The maximum absolute atomic E-state index is 12.0. The molecule has 1 amide bonds. The largest absolute Gasteiger partial charge is 0.349 e. The summed E-state index contributed by atoms with van der Waals surface area (Å²) in [6.45, 7) is 9.59. The van der Waals surface area contributed by atoms with E-state index < -0.39 is 10.0 Å². The highest BCUT2D eigenvalue weighted by atomic mass is 32.2. The van der Waals surface area contributed by atoms with Crippen LogP contribution in [-0.4, -0.2) is 26.9 Å². The van der Waals surface area contributed by atoms with Gasteiger partial charge in [0.15, 0.2) is 0 Å². The molecule has 1 rings (SSSR count). The van der Waals surface area contributed by atoms with E-state index in [1.165, 1.54) is 30.3 Å². The van der Waals surface area contributed by atoms with Crippen molar-refractivity contribution in [3.63, 3.8) is 0 Å². The van der Waals surface area contributed by atoms with Gasteiger partial charge in [0.25, 0.3) is 5.91 Å². The van der Waals surface area contributed by atoms with Crippen molar-refractivity contribution in [3.8, 4) is 0 Å². The first-order valence-corrected chi connectivity index (χ1v) is 8.27. The predicted octanol–water partition coefficient (Wildman–Crippen LogP) is 1.93. The van der Waals surface area contributed by atoms with Crippen LogP contribution in [0.1, 0.15) is 31.1 Å². The van der Waals surface area contributed by atoms with Gasteiger partial charge in [-0.05, 0) is 37.1 Å². The molecule has 0 saturated heterocycles. The van der Waals surface area contributed by atoms with E-state index >= 15 is 0 Å². The lowest BCUT2D eigenvalue weighted by Gasteiger charge is -2.17. The molecule has 0 fully saturated rings. The Bertz CT molecular complexity index is 592. The van der Waals surface area contributed by atoms with Crippen LogP contribution in [0.4, 0.5) is 0 Å². The molecule has 21 heavy (non-hydrogen) atoms. The van der Waals surface area contributed by atoms with Crippen LogP contribution >= 0.6 is 0 Å². The molecule has 0 saturated carbocycles. The van der Waals surface area contributed by atoms with Gasteiger partial charge in [-0.25, -0.2) is 13.1 Å².